The number of sulfonamides is 1. The van der Waals surface area contributed by atoms with Crippen molar-refractivity contribution < 1.29 is 17.9 Å². The molecule has 0 amide bonds. The lowest BCUT2D eigenvalue weighted by molar-refractivity contribution is 0.0602. The zero-order chi connectivity index (χ0) is 15.5. The summed E-state index contributed by atoms with van der Waals surface area (Å²) in [6.45, 7) is 2.12. The Labute approximate surface area is 133 Å². The molecule has 0 aromatic carbocycles. The quantitative estimate of drug-likeness (QED) is 0.826. The van der Waals surface area contributed by atoms with E-state index < -0.39 is 16.0 Å². The Bertz CT molecular complexity index is 603. The van der Waals surface area contributed by atoms with Gasteiger partial charge < -0.3 is 4.74 Å². The number of aryl methyl sites for hydroxylation is 1. The Kier molecular flexibility index (Phi) is 5.70. The van der Waals surface area contributed by atoms with E-state index in [4.69, 9.17) is 0 Å². The number of hydrogen-bond acceptors (Lipinski definition) is 6. The highest BCUT2D eigenvalue weighted by Gasteiger charge is 2.28. The van der Waals surface area contributed by atoms with Crippen LogP contribution in [0.4, 0.5) is 0 Å². The number of carbonyl (C=O) groups excluding carboxylic acids is 1. The van der Waals surface area contributed by atoms with Crippen molar-refractivity contribution in [3.05, 3.63) is 15.8 Å². The van der Waals surface area contributed by atoms with Gasteiger partial charge in [0.05, 0.1) is 7.11 Å². The maximum absolute atomic E-state index is 12.5. The molecule has 0 atom stereocenters. The van der Waals surface area contributed by atoms with Crippen LogP contribution in [0.25, 0.3) is 0 Å². The first kappa shape index (κ1) is 16.8. The largest absolute Gasteiger partial charge is 0.465 e. The number of hydrogen-bond donors (Lipinski definition) is 1. The molecule has 0 aliphatic carbocycles. The topological polar surface area (TPSA) is 72.5 Å². The summed E-state index contributed by atoms with van der Waals surface area (Å²) in [4.78, 5) is 11.9. The molecule has 1 N–H and O–H groups in total. The predicted molar refractivity (Wildman–Crippen MR) is 85.6 cm³/mol. The molecule has 21 heavy (non-hydrogen) atoms. The number of methoxy groups -OCH3 is 1. The minimum absolute atomic E-state index is 0.0598. The van der Waals surface area contributed by atoms with Crippen molar-refractivity contribution in [3.8, 4) is 0 Å². The molecule has 1 aromatic rings. The van der Waals surface area contributed by atoms with Gasteiger partial charge >= 0.3 is 5.97 Å². The summed E-state index contributed by atoms with van der Waals surface area (Å²) in [6, 6.07) is 0. The van der Waals surface area contributed by atoms with Gasteiger partial charge in [-0.3, -0.25) is 0 Å². The van der Waals surface area contributed by atoms with Crippen LogP contribution in [-0.4, -0.2) is 39.5 Å². The normalized spacial score (nSPS) is 16.9. The second-order valence-corrected chi connectivity index (χ2v) is 8.78. The third-order valence-electron chi connectivity index (χ3n) is 3.46. The highest BCUT2D eigenvalue weighted by atomic mass is 32.2. The lowest BCUT2D eigenvalue weighted by Gasteiger charge is -2.21. The Hall–Kier alpha value is -0.570. The number of rotatable bonds is 5. The predicted octanol–water partition coefficient (Wildman–Crippen LogP) is 2.26. The monoisotopic (exact) mass is 349 g/mol. The van der Waals surface area contributed by atoms with E-state index in [1.807, 2.05) is 11.8 Å². The van der Waals surface area contributed by atoms with Gasteiger partial charge in [-0.05, 0) is 48.1 Å². The summed E-state index contributed by atoms with van der Waals surface area (Å²) < 4.78 is 32.3. The minimum atomic E-state index is -3.68. The molecule has 1 aliphatic heterocycles. The van der Waals surface area contributed by atoms with Gasteiger partial charge in [0, 0.05) is 6.54 Å². The number of ether oxygens (including phenoxy) is 1. The zero-order valence-electron chi connectivity index (χ0n) is 12.0. The first-order valence-corrected chi connectivity index (χ1v) is 10.2. The van der Waals surface area contributed by atoms with Crippen molar-refractivity contribution in [2.24, 2.45) is 5.92 Å². The smallest absolute Gasteiger partial charge is 0.349 e. The summed E-state index contributed by atoms with van der Waals surface area (Å²) >= 11 is 3.00. The molecular formula is C13H19NO4S3. The molecule has 0 unspecified atom stereocenters. The van der Waals surface area contributed by atoms with Crippen molar-refractivity contribution in [2.75, 3.05) is 25.2 Å². The van der Waals surface area contributed by atoms with Crippen molar-refractivity contribution in [3.63, 3.8) is 0 Å². The maximum atomic E-state index is 12.5. The van der Waals surface area contributed by atoms with E-state index in [-0.39, 0.29) is 9.77 Å². The molecule has 118 valence electrons. The van der Waals surface area contributed by atoms with Crippen molar-refractivity contribution in [2.45, 2.75) is 24.7 Å². The maximum Gasteiger partial charge on any atom is 0.349 e. The van der Waals surface area contributed by atoms with Crippen LogP contribution in [0.2, 0.25) is 0 Å². The Morgan fingerprint density at radius 1 is 1.43 bits per heavy atom. The van der Waals surface area contributed by atoms with E-state index in [9.17, 15) is 13.2 Å². The van der Waals surface area contributed by atoms with E-state index >= 15 is 0 Å². The zero-order valence-corrected chi connectivity index (χ0v) is 14.5. The average Bonchev–Trinajstić information content (AvgIpc) is 2.88. The van der Waals surface area contributed by atoms with Gasteiger partial charge in [0.25, 0.3) is 0 Å². The third-order valence-corrected chi connectivity index (χ3v) is 7.33. The summed E-state index contributed by atoms with van der Waals surface area (Å²) in [5, 5.41) is 1.66. The summed E-state index contributed by atoms with van der Waals surface area (Å²) in [7, 11) is -2.43. The van der Waals surface area contributed by atoms with E-state index in [0.717, 1.165) is 35.7 Å². The van der Waals surface area contributed by atoms with E-state index in [1.165, 1.54) is 7.11 Å². The van der Waals surface area contributed by atoms with Crippen molar-refractivity contribution in [1.82, 2.24) is 4.72 Å². The minimum Gasteiger partial charge on any atom is -0.465 e. The molecule has 0 radical (unpaired) electrons. The average molecular weight is 349 g/mol. The second kappa shape index (κ2) is 7.13. The van der Waals surface area contributed by atoms with Crippen molar-refractivity contribution in [1.29, 1.82) is 0 Å². The van der Waals surface area contributed by atoms with E-state index in [2.05, 4.69) is 9.46 Å². The van der Waals surface area contributed by atoms with Gasteiger partial charge in [-0.25, -0.2) is 17.9 Å². The van der Waals surface area contributed by atoms with E-state index in [1.54, 1.807) is 12.3 Å². The number of thioether (sulfide) groups is 1. The molecule has 5 nitrogen and oxygen atoms in total. The molecule has 1 aliphatic rings. The van der Waals surface area contributed by atoms with E-state index in [0.29, 0.717) is 18.0 Å². The Morgan fingerprint density at radius 2 is 2.10 bits per heavy atom. The third kappa shape index (κ3) is 4.00. The van der Waals surface area contributed by atoms with Crippen LogP contribution in [0.5, 0.6) is 0 Å². The molecule has 1 saturated heterocycles. The van der Waals surface area contributed by atoms with Crippen LogP contribution >= 0.6 is 23.1 Å². The number of thiophene rings is 1. The summed E-state index contributed by atoms with van der Waals surface area (Å²) in [5.41, 5.74) is 0.576. The number of esters is 1. The molecule has 8 heteroatoms. The van der Waals surface area contributed by atoms with Crippen LogP contribution in [0, 0.1) is 12.8 Å². The van der Waals surface area contributed by atoms with Gasteiger partial charge in [0.2, 0.25) is 10.0 Å². The first-order valence-electron chi connectivity index (χ1n) is 6.69. The van der Waals surface area contributed by atoms with Crippen LogP contribution in [-0.2, 0) is 14.8 Å². The highest BCUT2D eigenvalue weighted by Crippen LogP contribution is 2.28. The molecule has 0 bridgehead atoms. The fourth-order valence-corrected chi connectivity index (χ4v) is 6.27. The molecule has 1 aromatic heterocycles. The lowest BCUT2D eigenvalue weighted by Crippen LogP contribution is -2.32. The molecular weight excluding hydrogens is 330 g/mol. The molecule has 2 heterocycles. The molecule has 2 rings (SSSR count). The highest BCUT2D eigenvalue weighted by molar-refractivity contribution is 7.99. The molecule has 1 fully saturated rings. The number of nitrogens with one attached hydrogen (secondary N) is 1. The lowest BCUT2D eigenvalue weighted by atomic mass is 10.0. The van der Waals surface area contributed by atoms with Crippen LogP contribution in [0.1, 0.15) is 28.1 Å². The molecule has 0 spiro atoms. The van der Waals surface area contributed by atoms with Crippen LogP contribution < -0.4 is 4.72 Å². The Balaban J connectivity index is 2.15. The molecule has 0 saturated carbocycles. The van der Waals surface area contributed by atoms with Gasteiger partial charge in [-0.2, -0.15) is 11.8 Å². The summed E-state index contributed by atoms with van der Waals surface area (Å²) in [5.74, 6) is 1.93. The standard InChI is InChI=1S/C13H19NO4S3/c1-9-8-20-11(13(15)18-2)12(9)21(16,17)14-7-10-3-5-19-6-4-10/h8,10,14H,3-7H2,1-2H3. The fraction of sp³-hybridized carbons (Fsp3) is 0.615. The van der Waals surface area contributed by atoms with Gasteiger partial charge in [0.1, 0.15) is 9.77 Å². The van der Waals surface area contributed by atoms with Crippen LogP contribution in [0.15, 0.2) is 10.3 Å². The van der Waals surface area contributed by atoms with Gasteiger partial charge in [-0.15, -0.1) is 11.3 Å². The SMILES string of the molecule is COC(=O)c1scc(C)c1S(=O)(=O)NCC1CCSCC1. The first-order chi connectivity index (χ1) is 9.95. The number of carbonyl (C=O) groups is 1. The second-order valence-electron chi connectivity index (χ2n) is 4.98. The van der Waals surface area contributed by atoms with Gasteiger partial charge in [0.15, 0.2) is 0 Å². The Morgan fingerprint density at radius 3 is 2.71 bits per heavy atom. The fourth-order valence-electron chi connectivity index (χ4n) is 2.25. The van der Waals surface area contributed by atoms with Gasteiger partial charge in [-0.1, -0.05) is 0 Å². The van der Waals surface area contributed by atoms with Crippen LogP contribution in [0.3, 0.4) is 0 Å². The summed E-state index contributed by atoms with van der Waals surface area (Å²) in [6.07, 6.45) is 2.05. The van der Waals surface area contributed by atoms with Crippen molar-refractivity contribution >= 4 is 39.1 Å².